The molecule has 1 N–H and O–H groups in total. The molecule has 0 spiro atoms. The second-order valence-corrected chi connectivity index (χ2v) is 6.23. The minimum Gasteiger partial charge on any atom is -0.465 e. The topological polar surface area (TPSA) is 67.1 Å². The summed E-state index contributed by atoms with van der Waals surface area (Å²) < 4.78 is 10.7. The Morgan fingerprint density at radius 3 is 2.83 bits per heavy atom. The normalized spacial score (nSPS) is 16.6. The Labute approximate surface area is 137 Å². The number of aliphatic imine (C=N–C) groups is 1. The van der Waals surface area contributed by atoms with Crippen LogP contribution >= 0.6 is 0 Å². The van der Waals surface area contributed by atoms with Gasteiger partial charge in [0.25, 0.3) is 11.9 Å². The van der Waals surface area contributed by atoms with Crippen molar-refractivity contribution < 1.29 is 13.9 Å². The highest BCUT2D eigenvalue weighted by Crippen LogP contribution is 2.07. The maximum Gasteiger partial charge on any atom is 0.294 e. The Bertz CT molecular complexity index is 491. The number of nitrogens with zero attached hydrogens (tertiary/aromatic N) is 2. The van der Waals surface area contributed by atoms with Crippen molar-refractivity contribution in [1.29, 1.82) is 0 Å². The maximum absolute atomic E-state index is 12.0. The zero-order valence-corrected chi connectivity index (χ0v) is 14.1. The van der Waals surface area contributed by atoms with Gasteiger partial charge in [-0.1, -0.05) is 20.3 Å². The molecule has 1 saturated heterocycles. The van der Waals surface area contributed by atoms with Crippen molar-refractivity contribution in [2.75, 3.05) is 32.8 Å². The van der Waals surface area contributed by atoms with Crippen LogP contribution in [-0.2, 0) is 4.74 Å². The van der Waals surface area contributed by atoms with Crippen molar-refractivity contribution in [2.24, 2.45) is 10.9 Å². The Kier molecular flexibility index (Phi) is 7.13. The fourth-order valence-corrected chi connectivity index (χ4v) is 2.41. The van der Waals surface area contributed by atoms with Crippen molar-refractivity contribution in [3.05, 3.63) is 24.2 Å². The molecule has 1 aliphatic rings. The summed E-state index contributed by atoms with van der Waals surface area (Å²) in [5.41, 5.74) is 0. The van der Waals surface area contributed by atoms with E-state index in [2.05, 4.69) is 29.1 Å². The molecule has 23 heavy (non-hydrogen) atoms. The lowest BCUT2D eigenvalue weighted by Crippen LogP contribution is -2.35. The first-order chi connectivity index (χ1) is 11.1. The first-order valence-electron chi connectivity index (χ1n) is 8.39. The van der Waals surface area contributed by atoms with Gasteiger partial charge in [-0.2, -0.15) is 0 Å². The molecule has 1 aliphatic heterocycles. The number of carbonyl (C=O) groups is 1. The number of piperidine rings is 1. The van der Waals surface area contributed by atoms with E-state index in [1.807, 2.05) is 0 Å². The van der Waals surface area contributed by atoms with E-state index in [4.69, 9.17) is 9.15 Å². The average Bonchev–Trinajstić information content (AvgIpc) is 3.08. The summed E-state index contributed by atoms with van der Waals surface area (Å²) in [6, 6.07) is 3.57. The number of furan rings is 1. The summed E-state index contributed by atoms with van der Waals surface area (Å²) in [5, 5.41) is 2.69. The number of ether oxygens (including phenoxy) is 1. The van der Waals surface area contributed by atoms with Crippen molar-refractivity contribution in [1.82, 2.24) is 10.2 Å². The second kappa shape index (κ2) is 9.35. The third-order valence-electron chi connectivity index (χ3n) is 3.64. The van der Waals surface area contributed by atoms with Gasteiger partial charge in [-0.25, -0.2) is 4.99 Å². The third kappa shape index (κ3) is 6.44. The lowest BCUT2D eigenvalue weighted by atomic mass is 10.1. The number of carbonyl (C=O) groups excluding carboxylic acids is 1. The lowest BCUT2D eigenvalue weighted by molar-refractivity contribution is 0.0936. The van der Waals surface area contributed by atoms with Gasteiger partial charge in [0.1, 0.15) is 0 Å². The molecule has 6 heteroatoms. The molecular formula is C17H27N3O3. The van der Waals surface area contributed by atoms with E-state index >= 15 is 0 Å². The van der Waals surface area contributed by atoms with Crippen LogP contribution in [0.2, 0.25) is 0 Å². The van der Waals surface area contributed by atoms with Gasteiger partial charge in [-0.3, -0.25) is 10.1 Å². The zero-order valence-electron chi connectivity index (χ0n) is 14.1. The standard InChI is InChI=1S/C17H27N3O3/c1-14(2)13-23-17(19-16(21)15-7-6-12-22-15)18-8-11-20-9-4-3-5-10-20/h6-7,12,14H,3-5,8-11,13H2,1-2H3,(H,18,19,21). The van der Waals surface area contributed by atoms with Gasteiger partial charge in [-0.05, 0) is 44.0 Å². The maximum atomic E-state index is 12.0. The van der Waals surface area contributed by atoms with E-state index in [0.29, 0.717) is 19.1 Å². The molecule has 0 aromatic carbocycles. The molecule has 0 bridgehead atoms. The predicted octanol–water partition coefficient (Wildman–Crippen LogP) is 2.52. The van der Waals surface area contributed by atoms with E-state index < -0.39 is 0 Å². The highest BCUT2D eigenvalue weighted by atomic mass is 16.5. The molecule has 1 fully saturated rings. The molecule has 2 heterocycles. The van der Waals surface area contributed by atoms with E-state index in [9.17, 15) is 4.79 Å². The quantitative estimate of drug-likeness (QED) is 0.646. The van der Waals surface area contributed by atoms with E-state index in [1.54, 1.807) is 12.1 Å². The molecule has 1 aromatic heterocycles. The SMILES string of the molecule is CC(C)COC(=NCCN1CCCCC1)NC(=O)c1ccco1. The summed E-state index contributed by atoms with van der Waals surface area (Å²) >= 11 is 0. The number of nitrogens with one attached hydrogen (secondary N) is 1. The van der Waals surface area contributed by atoms with Crippen LogP contribution in [0.3, 0.4) is 0 Å². The van der Waals surface area contributed by atoms with Crippen molar-refractivity contribution in [2.45, 2.75) is 33.1 Å². The molecular weight excluding hydrogens is 294 g/mol. The summed E-state index contributed by atoms with van der Waals surface area (Å²) in [7, 11) is 0. The molecule has 1 amide bonds. The first-order valence-corrected chi connectivity index (χ1v) is 8.39. The Morgan fingerprint density at radius 1 is 1.39 bits per heavy atom. The number of amidine groups is 1. The highest BCUT2D eigenvalue weighted by Gasteiger charge is 2.14. The molecule has 2 rings (SSSR count). The average molecular weight is 321 g/mol. The molecule has 128 valence electrons. The van der Waals surface area contributed by atoms with Gasteiger partial charge in [0.2, 0.25) is 0 Å². The van der Waals surface area contributed by atoms with Crippen LogP contribution in [0.1, 0.15) is 43.7 Å². The van der Waals surface area contributed by atoms with Crippen LogP contribution in [0.25, 0.3) is 0 Å². The zero-order chi connectivity index (χ0) is 16.5. The number of amides is 1. The lowest BCUT2D eigenvalue weighted by Gasteiger charge is -2.25. The van der Waals surface area contributed by atoms with Crippen LogP contribution < -0.4 is 5.32 Å². The van der Waals surface area contributed by atoms with Crippen molar-refractivity contribution in [3.63, 3.8) is 0 Å². The van der Waals surface area contributed by atoms with Gasteiger partial charge in [-0.15, -0.1) is 0 Å². The Balaban J connectivity index is 1.86. The van der Waals surface area contributed by atoms with Crippen LogP contribution in [0.5, 0.6) is 0 Å². The van der Waals surface area contributed by atoms with E-state index in [0.717, 1.165) is 19.6 Å². The minimum absolute atomic E-state index is 0.252. The molecule has 1 aromatic rings. The Morgan fingerprint density at radius 2 is 2.17 bits per heavy atom. The minimum atomic E-state index is -0.338. The predicted molar refractivity (Wildman–Crippen MR) is 89.6 cm³/mol. The molecule has 0 aliphatic carbocycles. The monoisotopic (exact) mass is 321 g/mol. The van der Waals surface area contributed by atoms with Crippen molar-refractivity contribution in [3.8, 4) is 0 Å². The molecule has 6 nitrogen and oxygen atoms in total. The van der Waals surface area contributed by atoms with E-state index in [1.165, 1.54) is 25.5 Å². The third-order valence-corrected chi connectivity index (χ3v) is 3.64. The van der Waals surface area contributed by atoms with Crippen LogP contribution in [-0.4, -0.2) is 49.6 Å². The number of hydrogen-bond donors (Lipinski definition) is 1. The Hall–Kier alpha value is -1.82. The van der Waals surface area contributed by atoms with Gasteiger partial charge < -0.3 is 14.1 Å². The summed E-state index contributed by atoms with van der Waals surface area (Å²) in [6.07, 6.45) is 5.31. The van der Waals surface area contributed by atoms with Crippen LogP contribution in [0.4, 0.5) is 0 Å². The second-order valence-electron chi connectivity index (χ2n) is 6.23. The van der Waals surface area contributed by atoms with Gasteiger partial charge in [0.05, 0.1) is 19.4 Å². The van der Waals surface area contributed by atoms with Crippen LogP contribution in [0, 0.1) is 5.92 Å². The highest BCUT2D eigenvalue weighted by molar-refractivity contribution is 6.02. The number of rotatable bonds is 6. The molecule has 0 radical (unpaired) electrons. The smallest absolute Gasteiger partial charge is 0.294 e. The number of likely N-dealkylation sites (tertiary alicyclic amines) is 1. The van der Waals surface area contributed by atoms with Crippen LogP contribution in [0.15, 0.2) is 27.8 Å². The van der Waals surface area contributed by atoms with Gasteiger partial charge in [0.15, 0.2) is 5.76 Å². The fourth-order valence-electron chi connectivity index (χ4n) is 2.41. The van der Waals surface area contributed by atoms with Crippen molar-refractivity contribution >= 4 is 11.9 Å². The largest absolute Gasteiger partial charge is 0.465 e. The van der Waals surface area contributed by atoms with Gasteiger partial charge >= 0.3 is 0 Å². The summed E-state index contributed by atoms with van der Waals surface area (Å²) in [4.78, 5) is 18.9. The summed E-state index contributed by atoms with van der Waals surface area (Å²) in [5.74, 6) is 0.278. The van der Waals surface area contributed by atoms with E-state index in [-0.39, 0.29) is 17.7 Å². The van der Waals surface area contributed by atoms with Gasteiger partial charge in [0, 0.05) is 6.54 Å². The number of hydrogen-bond acceptors (Lipinski definition) is 5. The first kappa shape index (κ1) is 17.5. The fraction of sp³-hybridized carbons (Fsp3) is 0.647. The molecule has 0 unspecified atom stereocenters. The molecule has 0 atom stereocenters. The molecule has 0 saturated carbocycles. The summed E-state index contributed by atoms with van der Waals surface area (Å²) in [6.45, 7) is 8.41.